The van der Waals surface area contributed by atoms with Crippen molar-refractivity contribution in [3.63, 3.8) is 0 Å². The van der Waals surface area contributed by atoms with Crippen molar-refractivity contribution in [1.29, 1.82) is 5.26 Å². The molecule has 1 aromatic carbocycles. The maximum Gasteiger partial charge on any atom is 0.573 e. The quantitative estimate of drug-likeness (QED) is 0.206. The lowest BCUT2D eigenvalue weighted by molar-refractivity contribution is -0.274. The van der Waals surface area contributed by atoms with Crippen LogP contribution in [-0.4, -0.2) is 71.2 Å². The first-order valence-corrected chi connectivity index (χ1v) is 15.9. The Labute approximate surface area is 269 Å². The number of likely N-dealkylation sites (N-methyl/N-ethyl adjacent to an activating group) is 1. The van der Waals surface area contributed by atoms with E-state index in [9.17, 15) is 18.4 Å². The Kier molecular flexibility index (Phi) is 10.5. The minimum Gasteiger partial charge on any atom is -0.406 e. The van der Waals surface area contributed by atoms with Crippen LogP contribution in [0.3, 0.4) is 0 Å². The summed E-state index contributed by atoms with van der Waals surface area (Å²) in [5, 5.41) is 9.68. The molecule has 2 aliphatic rings. The zero-order valence-electron chi connectivity index (χ0n) is 26.7. The fourth-order valence-electron chi connectivity index (χ4n) is 6.40. The Morgan fingerprint density at radius 1 is 1.04 bits per heavy atom. The van der Waals surface area contributed by atoms with E-state index in [1.54, 1.807) is 24.4 Å². The summed E-state index contributed by atoms with van der Waals surface area (Å²) in [6.45, 7) is 8.45. The minimum absolute atomic E-state index is 0.0256. The molecule has 4 heterocycles. The number of benzene rings is 1. The van der Waals surface area contributed by atoms with Crippen LogP contribution in [0, 0.1) is 11.3 Å². The number of halogens is 3. The molecule has 244 valence electrons. The Hall–Kier alpha value is -4.14. The van der Waals surface area contributed by atoms with Crippen LogP contribution < -0.4 is 9.64 Å². The van der Waals surface area contributed by atoms with E-state index in [0.717, 1.165) is 54.0 Å². The number of hydrogen-bond donors (Lipinski definition) is 0. The van der Waals surface area contributed by atoms with Crippen LogP contribution in [0.25, 0.3) is 5.70 Å². The van der Waals surface area contributed by atoms with Crippen molar-refractivity contribution in [1.82, 2.24) is 19.8 Å². The molecule has 1 fully saturated rings. The van der Waals surface area contributed by atoms with Crippen molar-refractivity contribution in [2.75, 3.05) is 31.6 Å². The Balaban J connectivity index is 1.48. The summed E-state index contributed by atoms with van der Waals surface area (Å²) in [5.41, 5.74) is 4.61. The molecule has 0 aliphatic carbocycles. The van der Waals surface area contributed by atoms with Gasteiger partial charge < -0.3 is 19.3 Å². The summed E-state index contributed by atoms with van der Waals surface area (Å²) in [6, 6.07) is 17.5. The lowest BCUT2D eigenvalue weighted by Crippen LogP contribution is -2.58. The Bertz CT molecular complexity index is 1530. The third-order valence-corrected chi connectivity index (χ3v) is 8.72. The van der Waals surface area contributed by atoms with Gasteiger partial charge in [0.2, 0.25) is 0 Å². The van der Waals surface area contributed by atoms with E-state index in [0.29, 0.717) is 25.4 Å². The Morgan fingerprint density at radius 3 is 2.48 bits per heavy atom. The zero-order valence-corrected chi connectivity index (χ0v) is 26.7. The molecule has 0 N–H and O–H groups in total. The van der Waals surface area contributed by atoms with Crippen molar-refractivity contribution in [3.05, 3.63) is 89.5 Å². The highest BCUT2D eigenvalue weighted by Gasteiger charge is 2.40. The largest absolute Gasteiger partial charge is 0.573 e. The lowest BCUT2D eigenvalue weighted by Gasteiger charge is -2.50. The summed E-state index contributed by atoms with van der Waals surface area (Å²) in [4.78, 5) is 16.3. The van der Waals surface area contributed by atoms with E-state index in [1.807, 2.05) is 31.3 Å². The van der Waals surface area contributed by atoms with Gasteiger partial charge in [-0.1, -0.05) is 44.9 Å². The van der Waals surface area contributed by atoms with Gasteiger partial charge in [0.1, 0.15) is 23.2 Å². The molecule has 2 aromatic heterocycles. The lowest BCUT2D eigenvalue weighted by atomic mass is 9.94. The number of piperazine rings is 1. The van der Waals surface area contributed by atoms with Crippen LogP contribution in [0.15, 0.2) is 66.9 Å². The fraction of sp³-hybridized carbons (Fsp3) is 0.457. The molecule has 0 saturated carbocycles. The molecule has 11 heteroatoms. The molecule has 2 aliphatic heterocycles. The van der Waals surface area contributed by atoms with Crippen LogP contribution in [0.5, 0.6) is 5.75 Å². The molecular weight excluding hydrogens is 593 g/mol. The molecular formula is C35H41F3N6O2. The second kappa shape index (κ2) is 14.5. The number of ether oxygens (including phenoxy) is 2. The van der Waals surface area contributed by atoms with Crippen molar-refractivity contribution in [2.45, 2.75) is 77.2 Å². The van der Waals surface area contributed by atoms with Crippen molar-refractivity contribution < 1.29 is 22.6 Å². The van der Waals surface area contributed by atoms with Gasteiger partial charge in [0.25, 0.3) is 0 Å². The molecule has 5 rings (SSSR count). The van der Waals surface area contributed by atoms with Gasteiger partial charge in [-0.25, -0.2) is 4.98 Å². The maximum absolute atomic E-state index is 12.9. The van der Waals surface area contributed by atoms with E-state index in [1.165, 1.54) is 12.1 Å². The predicted molar refractivity (Wildman–Crippen MR) is 171 cm³/mol. The van der Waals surface area contributed by atoms with E-state index < -0.39 is 6.36 Å². The van der Waals surface area contributed by atoms with Crippen LogP contribution in [-0.2, 0) is 4.74 Å². The Morgan fingerprint density at radius 2 is 1.83 bits per heavy atom. The molecule has 2 unspecified atom stereocenters. The number of unbranched alkanes of at least 4 members (excludes halogenated alkanes) is 2. The van der Waals surface area contributed by atoms with Gasteiger partial charge in [-0.2, -0.15) is 5.26 Å². The summed E-state index contributed by atoms with van der Waals surface area (Å²) >= 11 is 0. The first-order valence-electron chi connectivity index (χ1n) is 15.9. The standard InChI is InChI=1S/C35H41F3N6O2/c1-5-7-10-19-45-32-20-31(33-30(42(32)4)17-14-26(21-39)41-33)43-23-27(6-2)44(22-24(43)3)34(29-11-8-9-18-40-29)25-12-15-28(16-13-25)46-35(36,37)38/h8-9,11-18,20,24,27,32,34H,5-7,10,19,22-23H2,1-4H3/t24-,27+,32?,34?/m0/s1. The minimum atomic E-state index is -4.76. The van der Waals surface area contributed by atoms with Gasteiger partial charge in [-0.05, 0) is 67.8 Å². The molecule has 0 radical (unpaired) electrons. The highest BCUT2D eigenvalue weighted by atomic mass is 19.4. The van der Waals surface area contributed by atoms with Gasteiger partial charge in [-0.15, -0.1) is 13.2 Å². The number of nitrogens with zero attached hydrogens (tertiary/aromatic N) is 6. The van der Waals surface area contributed by atoms with Crippen LogP contribution in [0.1, 0.15) is 75.1 Å². The van der Waals surface area contributed by atoms with E-state index in [-0.39, 0.29) is 30.1 Å². The highest BCUT2D eigenvalue weighted by Crippen LogP contribution is 2.40. The molecule has 8 nitrogen and oxygen atoms in total. The first kappa shape index (κ1) is 33.2. The normalized spacial score (nSPS) is 20.9. The number of fused-ring (bicyclic) bond motifs is 1. The van der Waals surface area contributed by atoms with Gasteiger partial charge in [-0.3, -0.25) is 9.88 Å². The maximum atomic E-state index is 12.9. The van der Waals surface area contributed by atoms with Crippen molar-refractivity contribution >= 4 is 11.4 Å². The average Bonchev–Trinajstić information content (AvgIpc) is 3.05. The second-order valence-electron chi connectivity index (χ2n) is 11.8. The first-order chi connectivity index (χ1) is 22.1. The van der Waals surface area contributed by atoms with E-state index >= 15 is 0 Å². The van der Waals surface area contributed by atoms with Crippen molar-refractivity contribution in [3.8, 4) is 11.8 Å². The average molecular weight is 635 g/mol. The molecule has 3 aromatic rings. The van der Waals surface area contributed by atoms with Crippen LogP contribution >= 0.6 is 0 Å². The topological polar surface area (TPSA) is 77.7 Å². The number of aromatic nitrogens is 2. The van der Waals surface area contributed by atoms with Gasteiger partial charge >= 0.3 is 6.36 Å². The molecule has 46 heavy (non-hydrogen) atoms. The van der Waals surface area contributed by atoms with E-state index in [4.69, 9.17) is 9.72 Å². The molecule has 0 spiro atoms. The van der Waals surface area contributed by atoms with Gasteiger partial charge in [0, 0.05) is 45.0 Å². The highest BCUT2D eigenvalue weighted by molar-refractivity contribution is 5.77. The SMILES string of the molecule is CCCCCOC1C=C(N2C[C@@H](CC)N(C(c3ccc(OC(F)(F)F)cc3)c3ccccn3)C[C@@H]2C)c2nc(C#N)ccc2N1C. The third kappa shape index (κ3) is 7.45. The van der Waals surface area contributed by atoms with Gasteiger partial charge in [0.05, 0.1) is 23.1 Å². The summed E-state index contributed by atoms with van der Waals surface area (Å²) < 4.78 is 49.1. The molecule has 0 amide bonds. The predicted octanol–water partition coefficient (Wildman–Crippen LogP) is 7.14. The second-order valence-corrected chi connectivity index (χ2v) is 11.8. The number of hydrogen-bond acceptors (Lipinski definition) is 8. The molecule has 0 bridgehead atoms. The summed E-state index contributed by atoms with van der Waals surface area (Å²) in [5.74, 6) is -0.259. The number of alkyl halides is 3. The van der Waals surface area contributed by atoms with Crippen LogP contribution in [0.4, 0.5) is 18.9 Å². The van der Waals surface area contributed by atoms with Gasteiger partial charge in [0.15, 0.2) is 6.23 Å². The number of anilines is 1. The number of pyridine rings is 2. The monoisotopic (exact) mass is 634 g/mol. The fourth-order valence-corrected chi connectivity index (χ4v) is 6.40. The molecule has 4 atom stereocenters. The van der Waals surface area contributed by atoms with Crippen LogP contribution in [0.2, 0.25) is 0 Å². The summed E-state index contributed by atoms with van der Waals surface area (Å²) in [7, 11) is 1.99. The van der Waals surface area contributed by atoms with E-state index in [2.05, 4.69) is 57.3 Å². The molecule has 1 saturated heterocycles. The number of rotatable bonds is 11. The van der Waals surface area contributed by atoms with Crippen molar-refractivity contribution in [2.24, 2.45) is 0 Å². The zero-order chi connectivity index (χ0) is 32.8. The summed E-state index contributed by atoms with van der Waals surface area (Å²) in [6.07, 6.45) is 2.84. The third-order valence-electron chi connectivity index (χ3n) is 8.72. The smallest absolute Gasteiger partial charge is 0.406 e. The number of nitriles is 1.